The Labute approximate surface area is 121 Å². The van der Waals surface area contributed by atoms with Gasteiger partial charge in [-0.2, -0.15) is 0 Å². The van der Waals surface area contributed by atoms with Gasteiger partial charge in [0.25, 0.3) is 0 Å². The topological polar surface area (TPSA) is 26.3 Å². The fourth-order valence-corrected chi connectivity index (χ4v) is 1.71. The molecule has 0 radical (unpaired) electrons. The van der Waals surface area contributed by atoms with Crippen molar-refractivity contribution in [2.24, 2.45) is 0 Å². The molecule has 96 valence electrons. The number of halogens is 2. The van der Waals surface area contributed by atoms with E-state index in [2.05, 4.69) is 0 Å². The summed E-state index contributed by atoms with van der Waals surface area (Å²) in [5.74, 6) is -0.112. The van der Waals surface area contributed by atoms with Crippen molar-refractivity contribution in [1.82, 2.24) is 0 Å². The second-order valence-corrected chi connectivity index (χ2v) is 4.56. The van der Waals surface area contributed by atoms with Crippen molar-refractivity contribution >= 4 is 35.2 Å². The van der Waals surface area contributed by atoms with Gasteiger partial charge in [0.15, 0.2) is 0 Å². The van der Waals surface area contributed by atoms with E-state index in [-0.39, 0.29) is 0 Å². The zero-order valence-corrected chi connectivity index (χ0v) is 11.4. The monoisotopic (exact) mass is 292 g/mol. The molecule has 0 aliphatic carbocycles. The van der Waals surface area contributed by atoms with E-state index >= 15 is 0 Å². The van der Waals surface area contributed by atoms with Crippen LogP contribution in [0.3, 0.4) is 0 Å². The molecule has 0 aliphatic rings. The minimum absolute atomic E-state index is 0.346. The Morgan fingerprint density at radius 2 is 1.74 bits per heavy atom. The van der Waals surface area contributed by atoms with Crippen molar-refractivity contribution in [3.63, 3.8) is 0 Å². The van der Waals surface area contributed by atoms with Crippen LogP contribution >= 0.6 is 23.2 Å². The first kappa shape index (κ1) is 13.7. The predicted molar refractivity (Wildman–Crippen MR) is 77.6 cm³/mol. The van der Waals surface area contributed by atoms with Crippen LogP contribution in [0.5, 0.6) is 5.75 Å². The van der Waals surface area contributed by atoms with Gasteiger partial charge in [-0.15, -0.1) is 0 Å². The van der Waals surface area contributed by atoms with Gasteiger partial charge in [-0.05, 0) is 23.8 Å². The maximum atomic E-state index is 11.6. The molecule has 0 saturated carbocycles. The fourth-order valence-electron chi connectivity index (χ4n) is 1.42. The average molecular weight is 293 g/mol. The minimum Gasteiger partial charge on any atom is -0.423 e. The van der Waals surface area contributed by atoms with Crippen molar-refractivity contribution in [2.75, 3.05) is 0 Å². The molecule has 2 nitrogen and oxygen atoms in total. The van der Waals surface area contributed by atoms with Gasteiger partial charge in [-0.3, -0.25) is 0 Å². The summed E-state index contributed by atoms with van der Waals surface area (Å²) in [6.07, 6.45) is 3.04. The Balaban J connectivity index is 2.01. The van der Waals surface area contributed by atoms with E-state index in [1.165, 1.54) is 12.1 Å². The van der Waals surface area contributed by atoms with Crippen LogP contribution in [0.1, 0.15) is 5.56 Å². The summed E-state index contributed by atoms with van der Waals surface area (Å²) in [7, 11) is 0. The van der Waals surface area contributed by atoms with Gasteiger partial charge in [0.2, 0.25) is 0 Å². The molecule has 0 bridgehead atoms. The Morgan fingerprint density at radius 1 is 1.00 bits per heavy atom. The van der Waals surface area contributed by atoms with Crippen molar-refractivity contribution < 1.29 is 9.53 Å². The van der Waals surface area contributed by atoms with Gasteiger partial charge in [0, 0.05) is 12.1 Å². The highest BCUT2D eigenvalue weighted by Gasteiger charge is 2.03. The lowest BCUT2D eigenvalue weighted by Gasteiger charge is -2.02. The lowest BCUT2D eigenvalue weighted by molar-refractivity contribution is -0.128. The molecule has 2 aromatic rings. The lowest BCUT2D eigenvalue weighted by atomic mass is 10.2. The van der Waals surface area contributed by atoms with E-state index in [4.69, 9.17) is 27.9 Å². The molecule has 0 spiro atoms. The standard InChI is InChI=1S/C15H10Cl2O2/c16-13-8-7-12(10-14(13)17)19-15(18)9-6-11-4-2-1-3-5-11/h1-10H/b9-6+. The quantitative estimate of drug-likeness (QED) is 0.469. The number of ether oxygens (including phenoxy) is 1. The molecular weight excluding hydrogens is 283 g/mol. The van der Waals surface area contributed by atoms with Crippen LogP contribution in [0.4, 0.5) is 0 Å². The molecule has 0 aromatic heterocycles. The smallest absolute Gasteiger partial charge is 0.336 e. The SMILES string of the molecule is O=C(/C=C/c1ccccc1)Oc1ccc(Cl)c(Cl)c1. The van der Waals surface area contributed by atoms with Gasteiger partial charge >= 0.3 is 5.97 Å². The molecule has 0 fully saturated rings. The van der Waals surface area contributed by atoms with Gasteiger partial charge in [-0.1, -0.05) is 53.5 Å². The summed E-state index contributed by atoms with van der Waals surface area (Å²) in [6.45, 7) is 0. The molecule has 2 rings (SSSR count). The molecule has 0 aliphatic heterocycles. The second-order valence-electron chi connectivity index (χ2n) is 3.74. The first-order valence-corrected chi connectivity index (χ1v) is 6.31. The predicted octanol–water partition coefficient (Wildman–Crippen LogP) is 4.61. The first-order valence-electron chi connectivity index (χ1n) is 5.55. The number of hydrogen-bond acceptors (Lipinski definition) is 2. The van der Waals surface area contributed by atoms with Crippen LogP contribution in [0.25, 0.3) is 6.08 Å². The molecule has 2 aromatic carbocycles. The van der Waals surface area contributed by atoms with Crippen LogP contribution in [-0.2, 0) is 4.79 Å². The molecule has 0 heterocycles. The largest absolute Gasteiger partial charge is 0.423 e. The molecule has 0 unspecified atom stereocenters. The summed E-state index contributed by atoms with van der Waals surface area (Å²) < 4.78 is 5.10. The first-order chi connectivity index (χ1) is 9.15. The van der Waals surface area contributed by atoms with Gasteiger partial charge in [0.05, 0.1) is 10.0 Å². The maximum Gasteiger partial charge on any atom is 0.336 e. The summed E-state index contributed by atoms with van der Waals surface area (Å²) in [4.78, 5) is 11.6. The zero-order chi connectivity index (χ0) is 13.7. The van der Waals surface area contributed by atoms with E-state index in [0.717, 1.165) is 5.56 Å². The van der Waals surface area contributed by atoms with E-state index in [9.17, 15) is 4.79 Å². The van der Waals surface area contributed by atoms with Crippen molar-refractivity contribution in [3.05, 3.63) is 70.2 Å². The Hall–Kier alpha value is -1.77. The highest BCUT2D eigenvalue weighted by Crippen LogP contribution is 2.26. The number of hydrogen-bond donors (Lipinski definition) is 0. The van der Waals surface area contributed by atoms with E-state index in [0.29, 0.717) is 15.8 Å². The third-order valence-electron chi connectivity index (χ3n) is 2.32. The average Bonchev–Trinajstić information content (AvgIpc) is 2.42. The Kier molecular flexibility index (Phi) is 4.61. The third-order valence-corrected chi connectivity index (χ3v) is 3.06. The summed E-state index contributed by atoms with van der Waals surface area (Å²) in [6, 6.07) is 14.1. The van der Waals surface area contributed by atoms with Gasteiger partial charge < -0.3 is 4.74 Å². The summed E-state index contributed by atoms with van der Waals surface area (Å²) >= 11 is 11.6. The number of benzene rings is 2. The van der Waals surface area contributed by atoms with Crippen molar-refractivity contribution in [3.8, 4) is 5.75 Å². The minimum atomic E-state index is -0.470. The molecule has 19 heavy (non-hydrogen) atoms. The van der Waals surface area contributed by atoms with Crippen LogP contribution in [-0.4, -0.2) is 5.97 Å². The van der Waals surface area contributed by atoms with Crippen LogP contribution in [0.15, 0.2) is 54.6 Å². The lowest BCUT2D eigenvalue weighted by Crippen LogP contribution is -2.03. The summed E-state index contributed by atoms with van der Waals surface area (Å²) in [5.41, 5.74) is 0.925. The van der Waals surface area contributed by atoms with Gasteiger partial charge in [0.1, 0.15) is 5.75 Å². The number of carbonyl (C=O) groups is 1. The highest BCUT2D eigenvalue weighted by atomic mass is 35.5. The molecule has 0 atom stereocenters. The fraction of sp³-hybridized carbons (Fsp3) is 0. The van der Waals surface area contributed by atoms with E-state index in [1.54, 1.807) is 18.2 Å². The van der Waals surface area contributed by atoms with Crippen molar-refractivity contribution in [1.29, 1.82) is 0 Å². The third kappa shape index (κ3) is 4.12. The number of rotatable bonds is 3. The number of esters is 1. The Morgan fingerprint density at radius 3 is 2.42 bits per heavy atom. The Bertz CT molecular complexity index is 607. The molecular formula is C15H10Cl2O2. The van der Waals surface area contributed by atoms with Crippen LogP contribution in [0.2, 0.25) is 10.0 Å². The molecule has 0 saturated heterocycles. The highest BCUT2D eigenvalue weighted by molar-refractivity contribution is 6.42. The molecule has 0 amide bonds. The number of carbonyl (C=O) groups excluding carboxylic acids is 1. The second kappa shape index (κ2) is 6.41. The van der Waals surface area contributed by atoms with E-state index in [1.807, 2.05) is 30.3 Å². The molecule has 0 N–H and O–H groups in total. The maximum absolute atomic E-state index is 11.6. The van der Waals surface area contributed by atoms with Crippen LogP contribution in [0, 0.1) is 0 Å². The van der Waals surface area contributed by atoms with Gasteiger partial charge in [-0.25, -0.2) is 4.79 Å². The van der Waals surface area contributed by atoms with Crippen molar-refractivity contribution in [2.45, 2.75) is 0 Å². The van der Waals surface area contributed by atoms with Crippen LogP contribution < -0.4 is 4.74 Å². The van der Waals surface area contributed by atoms with E-state index < -0.39 is 5.97 Å². The molecule has 4 heteroatoms. The summed E-state index contributed by atoms with van der Waals surface area (Å²) in [5, 5.41) is 0.764. The normalized spacial score (nSPS) is 10.6. The zero-order valence-electron chi connectivity index (χ0n) is 9.85.